The SMILES string of the molecule is C=CC(=O)Oc1ccc(/C=C/c2ccc(-c3ccc(-c4ccc(OC(=O)/C=C/C)cc4OC(=O)/C(C)=C/C)cc3F)cc2)c(OC)c1. The zero-order valence-electron chi connectivity index (χ0n) is 26.4. The van der Waals surface area contributed by atoms with Crippen molar-refractivity contribution >= 4 is 30.1 Å². The standard InChI is InChI=1S/C39H33FO7/c1-6-9-38(42)46-31-19-21-33(36(24-31)47-39(43)25(4)7-2)29-17-20-32(34(40)22-29)27-13-10-26(11-14-27)12-15-28-16-18-30(23-35(28)44-5)45-37(41)8-3/h6-24H,3H2,1-2,4-5H3/b9-6+,15-12+,25-7+. The van der Waals surface area contributed by atoms with Gasteiger partial charge in [-0.25, -0.2) is 18.8 Å². The fourth-order valence-electron chi connectivity index (χ4n) is 4.40. The molecule has 0 N–H and O–H groups in total. The summed E-state index contributed by atoms with van der Waals surface area (Å²) in [6.07, 6.45) is 9.26. The van der Waals surface area contributed by atoms with E-state index in [1.165, 1.54) is 25.3 Å². The van der Waals surface area contributed by atoms with E-state index in [4.69, 9.17) is 18.9 Å². The Morgan fingerprint density at radius 1 is 0.723 bits per heavy atom. The van der Waals surface area contributed by atoms with E-state index in [9.17, 15) is 14.4 Å². The number of esters is 3. The van der Waals surface area contributed by atoms with Crippen LogP contribution in [-0.4, -0.2) is 25.0 Å². The van der Waals surface area contributed by atoms with E-state index < -0.39 is 23.7 Å². The first-order chi connectivity index (χ1) is 22.6. The van der Waals surface area contributed by atoms with Crippen LogP contribution < -0.4 is 18.9 Å². The van der Waals surface area contributed by atoms with E-state index in [-0.39, 0.29) is 11.5 Å². The molecule has 0 bridgehead atoms. The van der Waals surface area contributed by atoms with Gasteiger partial charge in [0.15, 0.2) is 0 Å². The van der Waals surface area contributed by atoms with E-state index >= 15 is 4.39 Å². The first-order valence-corrected chi connectivity index (χ1v) is 14.6. The van der Waals surface area contributed by atoms with Crippen molar-refractivity contribution in [2.45, 2.75) is 20.8 Å². The molecule has 47 heavy (non-hydrogen) atoms. The lowest BCUT2D eigenvalue weighted by Gasteiger charge is -2.14. The van der Waals surface area contributed by atoms with Crippen LogP contribution in [0.2, 0.25) is 0 Å². The van der Waals surface area contributed by atoms with E-state index in [0.717, 1.165) is 17.2 Å². The molecule has 0 amide bonds. The van der Waals surface area contributed by atoms with Crippen LogP contribution >= 0.6 is 0 Å². The Labute approximate surface area is 272 Å². The number of halogens is 1. The molecule has 0 saturated heterocycles. The van der Waals surface area contributed by atoms with E-state index in [1.807, 2.05) is 36.4 Å². The van der Waals surface area contributed by atoms with E-state index in [2.05, 4.69) is 6.58 Å². The van der Waals surface area contributed by atoms with Gasteiger partial charge in [-0.15, -0.1) is 0 Å². The zero-order chi connectivity index (χ0) is 33.9. The lowest BCUT2D eigenvalue weighted by molar-refractivity contribution is -0.130. The summed E-state index contributed by atoms with van der Waals surface area (Å²) in [5, 5.41) is 0. The van der Waals surface area contributed by atoms with Crippen molar-refractivity contribution in [2.24, 2.45) is 0 Å². The number of carbonyl (C=O) groups excluding carboxylic acids is 3. The first-order valence-electron chi connectivity index (χ1n) is 14.6. The molecule has 0 atom stereocenters. The number of methoxy groups -OCH3 is 1. The van der Waals surface area contributed by atoms with Gasteiger partial charge in [-0.1, -0.05) is 67.3 Å². The summed E-state index contributed by atoms with van der Waals surface area (Å²) in [5.74, 6) is -1.05. The highest BCUT2D eigenvalue weighted by Crippen LogP contribution is 2.36. The number of rotatable bonds is 11. The maximum Gasteiger partial charge on any atom is 0.338 e. The number of ether oxygens (including phenoxy) is 4. The second-order valence-electron chi connectivity index (χ2n) is 10.1. The number of hydrogen-bond donors (Lipinski definition) is 0. The van der Waals surface area contributed by atoms with Crippen molar-refractivity contribution in [1.82, 2.24) is 0 Å². The van der Waals surface area contributed by atoms with Crippen molar-refractivity contribution in [3.63, 3.8) is 0 Å². The largest absolute Gasteiger partial charge is 0.496 e. The number of carbonyl (C=O) groups is 3. The van der Waals surface area contributed by atoms with Crippen LogP contribution in [0.3, 0.4) is 0 Å². The van der Waals surface area contributed by atoms with Crippen molar-refractivity contribution in [3.8, 4) is 45.3 Å². The highest BCUT2D eigenvalue weighted by atomic mass is 19.1. The zero-order valence-corrected chi connectivity index (χ0v) is 26.4. The van der Waals surface area contributed by atoms with Crippen molar-refractivity contribution in [3.05, 3.63) is 132 Å². The van der Waals surface area contributed by atoms with Crippen LogP contribution in [0.5, 0.6) is 23.0 Å². The van der Waals surface area contributed by atoms with Crippen LogP contribution in [-0.2, 0) is 14.4 Å². The summed E-state index contributed by atoms with van der Waals surface area (Å²) in [6.45, 7) is 8.41. The van der Waals surface area contributed by atoms with Crippen LogP contribution in [0.25, 0.3) is 34.4 Å². The molecule has 0 aliphatic carbocycles. The third-order valence-electron chi connectivity index (χ3n) is 6.98. The molecule has 4 aromatic rings. The molecular formula is C39H33FO7. The van der Waals surface area contributed by atoms with Gasteiger partial charge in [-0.2, -0.15) is 0 Å². The summed E-state index contributed by atoms with van der Waals surface area (Å²) in [6, 6.07) is 21.7. The maximum absolute atomic E-state index is 15.6. The Hall–Kier alpha value is -6.02. The molecule has 0 radical (unpaired) electrons. The summed E-state index contributed by atoms with van der Waals surface area (Å²) in [4.78, 5) is 36.1. The molecule has 0 aliphatic rings. The molecule has 8 heteroatoms. The molecule has 0 fully saturated rings. The molecule has 0 aliphatic heterocycles. The Bertz CT molecular complexity index is 1900. The van der Waals surface area contributed by atoms with Crippen molar-refractivity contribution in [2.75, 3.05) is 7.11 Å². The molecular weight excluding hydrogens is 599 g/mol. The minimum atomic E-state index is -0.582. The van der Waals surface area contributed by atoms with E-state index in [1.54, 1.807) is 75.4 Å². The molecule has 0 heterocycles. The van der Waals surface area contributed by atoms with Gasteiger partial charge in [0.1, 0.15) is 28.8 Å². The third kappa shape index (κ3) is 8.79. The Morgan fingerprint density at radius 3 is 2.00 bits per heavy atom. The minimum absolute atomic E-state index is 0.120. The fourth-order valence-corrected chi connectivity index (χ4v) is 4.40. The number of benzene rings is 4. The van der Waals surface area contributed by atoms with E-state index in [0.29, 0.717) is 39.3 Å². The normalized spacial score (nSPS) is 11.4. The molecule has 0 unspecified atom stereocenters. The van der Waals surface area contributed by atoms with Gasteiger partial charge in [0.25, 0.3) is 0 Å². The van der Waals surface area contributed by atoms with Crippen LogP contribution in [0.1, 0.15) is 31.9 Å². The molecule has 238 valence electrons. The maximum atomic E-state index is 15.6. The van der Waals surface area contributed by atoms with Gasteiger partial charge >= 0.3 is 17.9 Å². The molecule has 0 saturated carbocycles. The fraction of sp³-hybridized carbons (Fsp3) is 0.103. The molecule has 0 aromatic heterocycles. The minimum Gasteiger partial charge on any atom is -0.496 e. The van der Waals surface area contributed by atoms with Crippen LogP contribution in [0.15, 0.2) is 115 Å². The van der Waals surface area contributed by atoms with Crippen molar-refractivity contribution in [1.29, 1.82) is 0 Å². The Balaban J connectivity index is 1.57. The number of allylic oxidation sites excluding steroid dienone is 2. The first kappa shape index (κ1) is 33.9. The van der Waals surface area contributed by atoms with Gasteiger partial charge in [0, 0.05) is 46.5 Å². The summed E-state index contributed by atoms with van der Waals surface area (Å²) in [5.41, 5.74) is 3.99. The van der Waals surface area contributed by atoms with Crippen LogP contribution in [0.4, 0.5) is 4.39 Å². The highest BCUT2D eigenvalue weighted by molar-refractivity contribution is 5.91. The number of hydrogen-bond acceptors (Lipinski definition) is 7. The predicted molar refractivity (Wildman–Crippen MR) is 181 cm³/mol. The quantitative estimate of drug-likeness (QED) is 0.0707. The van der Waals surface area contributed by atoms with Gasteiger partial charge in [-0.05, 0) is 67.8 Å². The second kappa shape index (κ2) is 15.8. The van der Waals surface area contributed by atoms with Crippen LogP contribution in [0, 0.1) is 5.82 Å². The average molecular weight is 633 g/mol. The molecule has 4 rings (SSSR count). The summed E-state index contributed by atoms with van der Waals surface area (Å²) < 4.78 is 37.1. The molecule has 4 aromatic carbocycles. The lowest BCUT2D eigenvalue weighted by Crippen LogP contribution is -2.10. The lowest BCUT2D eigenvalue weighted by atomic mass is 9.98. The molecule has 0 spiro atoms. The topological polar surface area (TPSA) is 88.1 Å². The molecule has 7 nitrogen and oxygen atoms in total. The van der Waals surface area contributed by atoms with Gasteiger partial charge in [-0.3, -0.25) is 0 Å². The second-order valence-corrected chi connectivity index (χ2v) is 10.1. The Kier molecular flexibility index (Phi) is 11.4. The van der Waals surface area contributed by atoms with Gasteiger partial charge in [0.2, 0.25) is 0 Å². The summed E-state index contributed by atoms with van der Waals surface area (Å²) >= 11 is 0. The Morgan fingerprint density at radius 2 is 1.36 bits per heavy atom. The predicted octanol–water partition coefficient (Wildman–Crippen LogP) is 8.78. The smallest absolute Gasteiger partial charge is 0.338 e. The van der Waals surface area contributed by atoms with Gasteiger partial charge in [0.05, 0.1) is 7.11 Å². The highest BCUT2D eigenvalue weighted by Gasteiger charge is 2.17. The summed E-state index contributed by atoms with van der Waals surface area (Å²) in [7, 11) is 1.52. The monoisotopic (exact) mass is 632 g/mol. The van der Waals surface area contributed by atoms with Crippen molar-refractivity contribution < 1.29 is 37.7 Å². The average Bonchev–Trinajstić information content (AvgIpc) is 3.07. The van der Waals surface area contributed by atoms with Gasteiger partial charge < -0.3 is 18.9 Å². The third-order valence-corrected chi connectivity index (χ3v) is 6.98.